The van der Waals surface area contributed by atoms with E-state index in [9.17, 15) is 4.79 Å². The first kappa shape index (κ1) is 16.6. The van der Waals surface area contributed by atoms with Crippen LogP contribution in [-0.4, -0.2) is 61.0 Å². The fourth-order valence-corrected chi connectivity index (χ4v) is 1.89. The molecule has 1 aromatic heterocycles. The third-order valence-corrected chi connectivity index (χ3v) is 3.31. The van der Waals surface area contributed by atoms with Crippen LogP contribution in [0.2, 0.25) is 0 Å². The molecule has 1 heterocycles. The van der Waals surface area contributed by atoms with Gasteiger partial charge in [-0.2, -0.15) is 0 Å². The van der Waals surface area contributed by atoms with E-state index in [0.717, 1.165) is 38.2 Å². The molecule has 0 aliphatic carbocycles. The van der Waals surface area contributed by atoms with Gasteiger partial charge >= 0.3 is 0 Å². The second-order valence-corrected chi connectivity index (χ2v) is 5.08. The van der Waals surface area contributed by atoms with E-state index in [4.69, 9.17) is 5.73 Å². The minimum Gasteiger partial charge on any atom is -0.346 e. The number of rotatable bonds is 9. The monoisotopic (exact) mass is 278 g/mol. The molecule has 0 radical (unpaired) electrons. The maximum absolute atomic E-state index is 11.9. The Bertz CT molecular complexity index is 383. The van der Waals surface area contributed by atoms with Crippen molar-refractivity contribution in [2.75, 3.05) is 40.3 Å². The van der Waals surface area contributed by atoms with Crippen LogP contribution in [0.25, 0.3) is 0 Å². The molecule has 1 amide bonds. The van der Waals surface area contributed by atoms with Crippen LogP contribution in [0.5, 0.6) is 0 Å². The van der Waals surface area contributed by atoms with Gasteiger partial charge in [-0.1, -0.05) is 6.07 Å². The van der Waals surface area contributed by atoms with E-state index in [-0.39, 0.29) is 5.91 Å². The van der Waals surface area contributed by atoms with Crippen LogP contribution < -0.4 is 5.73 Å². The normalized spacial score (nSPS) is 10.8. The summed E-state index contributed by atoms with van der Waals surface area (Å²) in [7, 11) is 3.88. The number of amides is 1. The van der Waals surface area contributed by atoms with Gasteiger partial charge in [0.05, 0.1) is 0 Å². The Hall–Kier alpha value is -1.46. The third-order valence-electron chi connectivity index (χ3n) is 3.31. The largest absolute Gasteiger partial charge is 0.346 e. The number of nitrogens with two attached hydrogens (primary N) is 1. The van der Waals surface area contributed by atoms with Crippen LogP contribution in [-0.2, 0) is 11.2 Å². The zero-order chi connectivity index (χ0) is 14.8. The quantitative estimate of drug-likeness (QED) is 0.724. The van der Waals surface area contributed by atoms with Gasteiger partial charge in [-0.3, -0.25) is 9.78 Å². The Morgan fingerprint density at radius 2 is 2.05 bits per heavy atom. The third kappa shape index (κ3) is 6.63. The maximum Gasteiger partial charge on any atom is 0.223 e. The molecule has 1 aromatic rings. The molecule has 0 fully saturated rings. The summed E-state index contributed by atoms with van der Waals surface area (Å²) in [4.78, 5) is 20.1. The number of aromatic nitrogens is 1. The number of hydrogen-bond donors (Lipinski definition) is 1. The van der Waals surface area contributed by atoms with Crippen molar-refractivity contribution < 1.29 is 4.79 Å². The minimum atomic E-state index is 0.183. The summed E-state index contributed by atoms with van der Waals surface area (Å²) in [6.07, 6.45) is 4.14. The fourth-order valence-electron chi connectivity index (χ4n) is 1.89. The van der Waals surface area contributed by atoms with E-state index in [2.05, 4.69) is 9.88 Å². The van der Waals surface area contributed by atoms with Crippen LogP contribution in [0, 0.1) is 0 Å². The molecule has 0 unspecified atom stereocenters. The van der Waals surface area contributed by atoms with Crippen molar-refractivity contribution in [3.05, 3.63) is 30.1 Å². The van der Waals surface area contributed by atoms with Gasteiger partial charge < -0.3 is 15.5 Å². The number of nitrogens with zero attached hydrogens (tertiary/aromatic N) is 3. The van der Waals surface area contributed by atoms with Crippen LogP contribution >= 0.6 is 0 Å². The SMILES string of the molecule is CN(CCC(=O)N(C)CCCN)CCc1ccccn1. The van der Waals surface area contributed by atoms with Crippen LogP contribution in [0.4, 0.5) is 0 Å². The number of pyridine rings is 1. The molecule has 0 bridgehead atoms. The molecular weight excluding hydrogens is 252 g/mol. The van der Waals surface area contributed by atoms with Gasteiger partial charge in [-0.25, -0.2) is 0 Å². The Morgan fingerprint density at radius 1 is 1.25 bits per heavy atom. The summed E-state index contributed by atoms with van der Waals surface area (Å²) in [5.74, 6) is 0.183. The van der Waals surface area contributed by atoms with Gasteiger partial charge in [-0.05, 0) is 32.1 Å². The molecule has 1 rings (SSSR count). The van der Waals surface area contributed by atoms with Gasteiger partial charge in [0.25, 0.3) is 0 Å². The minimum absolute atomic E-state index is 0.183. The second kappa shape index (κ2) is 9.44. The second-order valence-electron chi connectivity index (χ2n) is 5.08. The van der Waals surface area contributed by atoms with E-state index in [1.807, 2.05) is 38.5 Å². The molecule has 5 nitrogen and oxygen atoms in total. The molecule has 0 aromatic carbocycles. The topological polar surface area (TPSA) is 62.5 Å². The Labute approximate surface area is 121 Å². The van der Waals surface area contributed by atoms with Crippen molar-refractivity contribution in [2.45, 2.75) is 19.3 Å². The summed E-state index contributed by atoms with van der Waals surface area (Å²) < 4.78 is 0. The van der Waals surface area contributed by atoms with Crippen LogP contribution in [0.3, 0.4) is 0 Å². The number of hydrogen-bond acceptors (Lipinski definition) is 4. The molecule has 0 spiro atoms. The molecule has 20 heavy (non-hydrogen) atoms. The maximum atomic E-state index is 11.9. The summed E-state index contributed by atoms with van der Waals surface area (Å²) in [5.41, 5.74) is 6.53. The lowest BCUT2D eigenvalue weighted by Crippen LogP contribution is -2.32. The molecule has 0 atom stereocenters. The number of carbonyl (C=O) groups is 1. The highest BCUT2D eigenvalue weighted by Crippen LogP contribution is 1.99. The molecule has 2 N–H and O–H groups in total. The summed E-state index contributed by atoms with van der Waals surface area (Å²) in [6.45, 7) is 3.06. The van der Waals surface area contributed by atoms with Gasteiger partial charge in [0, 0.05) is 51.4 Å². The summed E-state index contributed by atoms with van der Waals surface area (Å²) >= 11 is 0. The van der Waals surface area contributed by atoms with E-state index in [1.54, 1.807) is 4.90 Å². The first-order chi connectivity index (χ1) is 9.63. The molecule has 5 heteroatoms. The number of likely N-dealkylation sites (N-methyl/N-ethyl adjacent to an activating group) is 1. The first-order valence-corrected chi connectivity index (χ1v) is 7.16. The lowest BCUT2D eigenvalue weighted by molar-refractivity contribution is -0.130. The van der Waals surface area contributed by atoms with E-state index in [0.29, 0.717) is 13.0 Å². The summed E-state index contributed by atoms with van der Waals surface area (Å²) in [6, 6.07) is 5.95. The molecule has 0 saturated carbocycles. The van der Waals surface area contributed by atoms with Crippen molar-refractivity contribution in [3.63, 3.8) is 0 Å². The Kier molecular flexibility index (Phi) is 7.84. The van der Waals surface area contributed by atoms with Gasteiger partial charge in [0.15, 0.2) is 0 Å². The zero-order valence-corrected chi connectivity index (χ0v) is 12.6. The van der Waals surface area contributed by atoms with Gasteiger partial charge in [-0.15, -0.1) is 0 Å². The highest BCUT2D eigenvalue weighted by molar-refractivity contribution is 5.76. The van der Waals surface area contributed by atoms with Crippen LogP contribution in [0.15, 0.2) is 24.4 Å². The predicted octanol–water partition coefficient (Wildman–Crippen LogP) is 0.753. The van der Waals surface area contributed by atoms with Gasteiger partial charge in [0.2, 0.25) is 5.91 Å². The fraction of sp³-hybridized carbons (Fsp3) is 0.600. The number of carbonyl (C=O) groups excluding carboxylic acids is 1. The standard InChI is InChI=1S/C15H26N4O/c1-18(12-7-14-6-3-4-10-17-14)13-8-15(20)19(2)11-5-9-16/h3-4,6,10H,5,7-9,11-13,16H2,1-2H3. The molecule has 0 saturated heterocycles. The average molecular weight is 278 g/mol. The van der Waals surface area contributed by atoms with Crippen molar-refractivity contribution in [1.29, 1.82) is 0 Å². The molecular formula is C15H26N4O. The average Bonchev–Trinajstić information content (AvgIpc) is 2.49. The molecule has 0 aliphatic heterocycles. The van der Waals surface area contributed by atoms with Crippen molar-refractivity contribution in [1.82, 2.24) is 14.8 Å². The van der Waals surface area contributed by atoms with E-state index >= 15 is 0 Å². The highest BCUT2D eigenvalue weighted by atomic mass is 16.2. The van der Waals surface area contributed by atoms with E-state index in [1.165, 1.54) is 0 Å². The summed E-state index contributed by atoms with van der Waals surface area (Å²) in [5, 5.41) is 0. The lowest BCUT2D eigenvalue weighted by Gasteiger charge is -2.20. The van der Waals surface area contributed by atoms with Crippen LogP contribution in [0.1, 0.15) is 18.5 Å². The van der Waals surface area contributed by atoms with Crippen molar-refractivity contribution >= 4 is 5.91 Å². The smallest absolute Gasteiger partial charge is 0.223 e. The molecule has 0 aliphatic rings. The molecule has 112 valence electrons. The van der Waals surface area contributed by atoms with Gasteiger partial charge in [0.1, 0.15) is 0 Å². The van der Waals surface area contributed by atoms with E-state index < -0.39 is 0 Å². The zero-order valence-electron chi connectivity index (χ0n) is 12.6. The first-order valence-electron chi connectivity index (χ1n) is 7.16. The highest BCUT2D eigenvalue weighted by Gasteiger charge is 2.09. The predicted molar refractivity (Wildman–Crippen MR) is 81.4 cm³/mol. The Balaban J connectivity index is 2.19. The lowest BCUT2D eigenvalue weighted by atomic mass is 10.2. The Morgan fingerprint density at radius 3 is 2.70 bits per heavy atom. The van der Waals surface area contributed by atoms with Crippen molar-refractivity contribution in [2.24, 2.45) is 5.73 Å². The van der Waals surface area contributed by atoms with Crippen molar-refractivity contribution in [3.8, 4) is 0 Å².